The van der Waals surface area contributed by atoms with Gasteiger partial charge >= 0.3 is 0 Å². The molecule has 1 aliphatic rings. The predicted molar refractivity (Wildman–Crippen MR) is 124 cm³/mol. The van der Waals surface area contributed by atoms with Crippen LogP contribution in [-0.4, -0.2) is 39.8 Å². The van der Waals surface area contributed by atoms with Crippen molar-refractivity contribution in [1.29, 1.82) is 0 Å². The van der Waals surface area contributed by atoms with Crippen LogP contribution < -0.4 is 4.74 Å². The molecular formula is C26H28N2O4. The Morgan fingerprint density at radius 1 is 1.06 bits per heavy atom. The van der Waals surface area contributed by atoms with Gasteiger partial charge in [0, 0.05) is 29.2 Å². The summed E-state index contributed by atoms with van der Waals surface area (Å²) in [4.78, 5) is 30.8. The molecule has 32 heavy (non-hydrogen) atoms. The van der Waals surface area contributed by atoms with Crippen LogP contribution in [0, 0.1) is 0 Å². The van der Waals surface area contributed by atoms with Gasteiger partial charge in [-0.3, -0.25) is 9.59 Å². The number of nitrogens with one attached hydrogen (secondary N) is 1. The van der Waals surface area contributed by atoms with Crippen molar-refractivity contribution in [3.05, 3.63) is 71.4 Å². The van der Waals surface area contributed by atoms with Gasteiger partial charge in [0.25, 0.3) is 11.7 Å². The van der Waals surface area contributed by atoms with Gasteiger partial charge in [-0.2, -0.15) is 0 Å². The smallest absolute Gasteiger partial charge is 0.295 e. The number of aliphatic hydroxyl groups is 1. The number of ether oxygens (including phenoxy) is 1. The first-order valence-corrected chi connectivity index (χ1v) is 11.1. The summed E-state index contributed by atoms with van der Waals surface area (Å²) in [6.45, 7) is 5.15. The van der Waals surface area contributed by atoms with E-state index in [9.17, 15) is 14.7 Å². The highest BCUT2D eigenvalue weighted by Crippen LogP contribution is 2.41. The summed E-state index contributed by atoms with van der Waals surface area (Å²) in [5.74, 6) is -0.648. The molecule has 0 radical (unpaired) electrons. The number of aliphatic hydroxyl groups excluding tert-OH is 1. The Morgan fingerprint density at radius 3 is 2.53 bits per heavy atom. The van der Waals surface area contributed by atoms with Crippen LogP contribution in [0.15, 0.2) is 60.3 Å². The van der Waals surface area contributed by atoms with Crippen molar-refractivity contribution in [3.63, 3.8) is 0 Å². The van der Waals surface area contributed by atoms with E-state index in [4.69, 9.17) is 4.74 Å². The van der Waals surface area contributed by atoms with Crippen LogP contribution in [0.2, 0.25) is 0 Å². The molecule has 6 nitrogen and oxygen atoms in total. The first-order chi connectivity index (χ1) is 15.6. The Kier molecular flexibility index (Phi) is 6.30. The zero-order chi connectivity index (χ0) is 22.7. The van der Waals surface area contributed by atoms with Gasteiger partial charge in [-0.25, -0.2) is 0 Å². The molecule has 0 bridgehead atoms. The van der Waals surface area contributed by atoms with Crippen LogP contribution in [0.5, 0.6) is 5.75 Å². The largest absolute Gasteiger partial charge is 0.507 e. The summed E-state index contributed by atoms with van der Waals surface area (Å²) in [5.41, 5.74) is 2.26. The maximum Gasteiger partial charge on any atom is 0.295 e. The molecule has 0 saturated carbocycles. The molecule has 2 aromatic carbocycles. The minimum absolute atomic E-state index is 0.123. The number of benzene rings is 2. The Morgan fingerprint density at radius 2 is 1.81 bits per heavy atom. The van der Waals surface area contributed by atoms with Crippen molar-refractivity contribution >= 4 is 28.4 Å². The lowest BCUT2D eigenvalue weighted by molar-refractivity contribution is -0.139. The molecule has 1 fully saturated rings. The Balaban J connectivity index is 1.82. The second-order valence-electron chi connectivity index (χ2n) is 8.01. The van der Waals surface area contributed by atoms with Gasteiger partial charge in [0.1, 0.15) is 11.5 Å². The second kappa shape index (κ2) is 9.30. The summed E-state index contributed by atoms with van der Waals surface area (Å²) in [6.07, 6.45) is 4.25. The predicted octanol–water partition coefficient (Wildman–Crippen LogP) is 5.18. The first-order valence-electron chi connectivity index (χ1n) is 11.1. The number of rotatable bonds is 8. The van der Waals surface area contributed by atoms with E-state index in [1.165, 1.54) is 0 Å². The van der Waals surface area contributed by atoms with E-state index in [1.807, 2.05) is 62.4 Å². The van der Waals surface area contributed by atoms with Crippen molar-refractivity contribution in [3.8, 4) is 5.75 Å². The summed E-state index contributed by atoms with van der Waals surface area (Å²) in [7, 11) is 0. The topological polar surface area (TPSA) is 82.6 Å². The average Bonchev–Trinajstić information content (AvgIpc) is 3.36. The van der Waals surface area contributed by atoms with Crippen LogP contribution in [0.1, 0.15) is 50.3 Å². The van der Waals surface area contributed by atoms with E-state index in [-0.39, 0.29) is 11.3 Å². The van der Waals surface area contributed by atoms with Crippen molar-refractivity contribution in [2.45, 2.75) is 39.2 Å². The Hall–Kier alpha value is -3.54. The van der Waals surface area contributed by atoms with Gasteiger partial charge in [-0.1, -0.05) is 50.6 Å². The number of fused-ring (bicyclic) bond motifs is 1. The number of carbonyl (C=O) groups excluding carboxylic acids is 2. The Labute approximate surface area is 187 Å². The molecule has 2 N–H and O–H groups in total. The fourth-order valence-electron chi connectivity index (χ4n) is 4.16. The number of ketones is 1. The molecule has 0 spiro atoms. The summed E-state index contributed by atoms with van der Waals surface area (Å²) < 4.78 is 5.68. The van der Waals surface area contributed by atoms with Crippen LogP contribution >= 0.6 is 0 Å². The third-order valence-corrected chi connectivity index (χ3v) is 5.81. The fraction of sp³-hybridized carbons (Fsp3) is 0.308. The molecule has 1 atom stereocenters. The number of Topliss-reactive ketones (excluding diaryl/α,β-unsaturated/α-hetero) is 1. The number of aromatic nitrogens is 1. The average molecular weight is 433 g/mol. The lowest BCUT2D eigenvalue weighted by Crippen LogP contribution is -2.30. The number of hydrogen-bond donors (Lipinski definition) is 2. The maximum atomic E-state index is 13.1. The van der Waals surface area contributed by atoms with Crippen LogP contribution in [0.3, 0.4) is 0 Å². The molecule has 1 aliphatic heterocycles. The van der Waals surface area contributed by atoms with Gasteiger partial charge in [0.05, 0.1) is 18.2 Å². The number of unbranched alkanes of at least 4 members (excludes halogenated alkanes) is 1. The van der Waals surface area contributed by atoms with Crippen LogP contribution in [0.4, 0.5) is 0 Å². The van der Waals surface area contributed by atoms with Crippen LogP contribution in [0.25, 0.3) is 16.7 Å². The van der Waals surface area contributed by atoms with Gasteiger partial charge in [0.2, 0.25) is 0 Å². The summed E-state index contributed by atoms with van der Waals surface area (Å²) in [5, 5.41) is 12.1. The number of aromatic amines is 1. The van der Waals surface area contributed by atoms with E-state index in [0.717, 1.165) is 41.5 Å². The third kappa shape index (κ3) is 3.88. The second-order valence-corrected chi connectivity index (χ2v) is 8.01. The minimum Gasteiger partial charge on any atom is -0.507 e. The minimum atomic E-state index is -0.653. The quantitative estimate of drug-likeness (QED) is 0.292. The zero-order valence-electron chi connectivity index (χ0n) is 18.4. The number of likely N-dealkylation sites (tertiary alicyclic amines) is 1. The lowest BCUT2D eigenvalue weighted by Gasteiger charge is -2.25. The molecule has 1 aromatic heterocycles. The van der Waals surface area contributed by atoms with Crippen molar-refractivity contribution in [2.75, 3.05) is 13.2 Å². The molecular weight excluding hydrogens is 404 g/mol. The van der Waals surface area contributed by atoms with Crippen molar-refractivity contribution in [1.82, 2.24) is 9.88 Å². The molecule has 4 rings (SSSR count). The summed E-state index contributed by atoms with van der Waals surface area (Å²) >= 11 is 0. The van der Waals surface area contributed by atoms with E-state index in [1.54, 1.807) is 11.1 Å². The molecule has 1 unspecified atom stereocenters. The van der Waals surface area contributed by atoms with Crippen molar-refractivity contribution < 1.29 is 19.4 Å². The highest BCUT2D eigenvalue weighted by molar-refractivity contribution is 6.46. The number of amides is 1. The molecule has 3 aromatic rings. The van der Waals surface area contributed by atoms with Gasteiger partial charge < -0.3 is 19.7 Å². The number of carbonyl (C=O) groups is 2. The fourth-order valence-corrected chi connectivity index (χ4v) is 4.16. The van der Waals surface area contributed by atoms with Gasteiger partial charge in [0.15, 0.2) is 0 Å². The van der Waals surface area contributed by atoms with Gasteiger partial charge in [-0.05, 0) is 36.6 Å². The third-order valence-electron chi connectivity index (χ3n) is 5.81. The summed E-state index contributed by atoms with van der Waals surface area (Å²) in [6, 6.07) is 14.3. The SMILES string of the molecule is CCCCN1C(=O)C(=O)/C(=C(\O)c2c[nH]c3ccccc23)C1c1ccc(OCCC)cc1. The molecule has 1 saturated heterocycles. The number of hydrogen-bond acceptors (Lipinski definition) is 4. The highest BCUT2D eigenvalue weighted by Gasteiger charge is 2.45. The number of para-hydroxylation sites is 1. The molecule has 1 amide bonds. The normalized spacial score (nSPS) is 17.9. The highest BCUT2D eigenvalue weighted by atomic mass is 16.5. The number of H-pyrrole nitrogens is 1. The monoisotopic (exact) mass is 432 g/mol. The van der Waals surface area contributed by atoms with Crippen molar-refractivity contribution in [2.24, 2.45) is 0 Å². The van der Waals surface area contributed by atoms with E-state index in [0.29, 0.717) is 18.7 Å². The molecule has 166 valence electrons. The lowest BCUT2D eigenvalue weighted by atomic mass is 9.95. The molecule has 0 aliphatic carbocycles. The first kappa shape index (κ1) is 21.7. The zero-order valence-corrected chi connectivity index (χ0v) is 18.4. The Bertz CT molecular complexity index is 1160. The van der Waals surface area contributed by atoms with Crippen LogP contribution in [-0.2, 0) is 9.59 Å². The maximum absolute atomic E-state index is 13.1. The van der Waals surface area contributed by atoms with E-state index < -0.39 is 17.7 Å². The van der Waals surface area contributed by atoms with Gasteiger partial charge in [-0.15, -0.1) is 0 Å². The van der Waals surface area contributed by atoms with E-state index in [2.05, 4.69) is 4.98 Å². The van der Waals surface area contributed by atoms with E-state index >= 15 is 0 Å². The molecule has 6 heteroatoms. The standard InChI is InChI=1S/C26H28N2O4/c1-3-5-14-28-23(17-10-12-18(13-11-17)32-15-4-2)22(25(30)26(28)31)24(29)20-16-27-21-9-7-6-8-19(20)21/h6-13,16,23,27,29H,3-5,14-15H2,1-2H3/b24-22-. The number of nitrogens with zero attached hydrogens (tertiary/aromatic N) is 1. The molecule has 2 heterocycles.